The third-order valence-corrected chi connectivity index (χ3v) is 5.30. The lowest BCUT2D eigenvalue weighted by Gasteiger charge is -2.18. The average molecular weight is 359 g/mol. The van der Waals surface area contributed by atoms with E-state index in [0.29, 0.717) is 18.3 Å². The minimum atomic E-state index is 0.102. The van der Waals surface area contributed by atoms with Crippen molar-refractivity contribution in [1.82, 2.24) is 19.7 Å². The molecular weight excluding hydrogens is 334 g/mol. The molecule has 0 unspecified atom stereocenters. The molecule has 0 saturated heterocycles. The van der Waals surface area contributed by atoms with Gasteiger partial charge < -0.3 is 14.4 Å². The van der Waals surface area contributed by atoms with Gasteiger partial charge in [-0.3, -0.25) is 4.79 Å². The molecule has 1 amide bonds. The van der Waals surface area contributed by atoms with E-state index < -0.39 is 0 Å². The summed E-state index contributed by atoms with van der Waals surface area (Å²) >= 11 is 1.48. The van der Waals surface area contributed by atoms with E-state index in [1.165, 1.54) is 24.6 Å². The number of aromatic nitrogens is 3. The number of carbonyl (C=O) groups excluding carboxylic acids is 1. The minimum Gasteiger partial charge on any atom is -0.378 e. The van der Waals surface area contributed by atoms with Crippen LogP contribution in [0.4, 0.5) is 5.69 Å². The number of benzene rings is 1. The molecule has 1 aromatic carbocycles. The van der Waals surface area contributed by atoms with Crippen LogP contribution in [0.25, 0.3) is 0 Å². The first-order valence-corrected chi connectivity index (χ1v) is 9.49. The van der Waals surface area contributed by atoms with E-state index in [1.54, 1.807) is 4.90 Å². The summed E-state index contributed by atoms with van der Waals surface area (Å²) in [4.78, 5) is 16.3. The second kappa shape index (κ2) is 7.47. The Bertz CT molecular complexity index is 736. The number of thioether (sulfide) groups is 1. The van der Waals surface area contributed by atoms with E-state index in [1.807, 2.05) is 28.1 Å². The molecule has 25 heavy (non-hydrogen) atoms. The number of hydrogen-bond donors (Lipinski definition) is 0. The monoisotopic (exact) mass is 359 g/mol. The van der Waals surface area contributed by atoms with Crippen molar-refractivity contribution in [3.63, 3.8) is 0 Å². The van der Waals surface area contributed by atoms with Crippen LogP contribution in [0.15, 0.2) is 29.4 Å². The van der Waals surface area contributed by atoms with Crippen molar-refractivity contribution in [2.45, 2.75) is 37.5 Å². The molecule has 134 valence electrons. The van der Waals surface area contributed by atoms with E-state index in [4.69, 9.17) is 0 Å². The van der Waals surface area contributed by atoms with Gasteiger partial charge >= 0.3 is 0 Å². The standard InChI is InChI=1S/C18H25N5OS/c1-13-19-20-18(23(13)16-9-10-16)25-12-17(24)22(4)11-14-5-7-15(8-6-14)21(2)3/h5-8,16H,9-12H2,1-4H3. The van der Waals surface area contributed by atoms with Gasteiger partial charge in [0.25, 0.3) is 0 Å². The summed E-state index contributed by atoms with van der Waals surface area (Å²) in [5.74, 6) is 1.42. The molecule has 1 aliphatic rings. The van der Waals surface area contributed by atoms with Gasteiger partial charge in [0.1, 0.15) is 5.82 Å². The Balaban J connectivity index is 1.54. The Hall–Kier alpha value is -2.02. The van der Waals surface area contributed by atoms with Gasteiger partial charge in [-0.15, -0.1) is 10.2 Å². The van der Waals surface area contributed by atoms with Crippen LogP contribution in [0, 0.1) is 6.92 Å². The smallest absolute Gasteiger partial charge is 0.233 e. The number of amides is 1. The molecule has 0 atom stereocenters. The van der Waals surface area contributed by atoms with Crippen LogP contribution in [0.1, 0.15) is 30.3 Å². The lowest BCUT2D eigenvalue weighted by Crippen LogP contribution is -2.28. The third-order valence-electron chi connectivity index (χ3n) is 4.37. The molecule has 0 radical (unpaired) electrons. The first-order valence-electron chi connectivity index (χ1n) is 8.50. The molecule has 7 heteroatoms. The van der Waals surface area contributed by atoms with Crippen molar-refractivity contribution in [2.75, 3.05) is 31.8 Å². The maximum atomic E-state index is 12.4. The van der Waals surface area contributed by atoms with Gasteiger partial charge in [0, 0.05) is 39.4 Å². The van der Waals surface area contributed by atoms with Gasteiger partial charge in [-0.1, -0.05) is 23.9 Å². The van der Waals surface area contributed by atoms with E-state index in [9.17, 15) is 4.79 Å². The van der Waals surface area contributed by atoms with E-state index in [-0.39, 0.29) is 5.91 Å². The summed E-state index contributed by atoms with van der Waals surface area (Å²) in [6.07, 6.45) is 2.37. The summed E-state index contributed by atoms with van der Waals surface area (Å²) < 4.78 is 2.16. The van der Waals surface area contributed by atoms with Crippen LogP contribution in [-0.2, 0) is 11.3 Å². The van der Waals surface area contributed by atoms with Gasteiger partial charge in [0.15, 0.2) is 5.16 Å². The lowest BCUT2D eigenvalue weighted by molar-refractivity contribution is -0.127. The summed E-state index contributed by atoms with van der Waals surface area (Å²) in [6, 6.07) is 8.81. The van der Waals surface area contributed by atoms with Crippen LogP contribution in [0.3, 0.4) is 0 Å². The molecule has 1 saturated carbocycles. The highest BCUT2D eigenvalue weighted by Gasteiger charge is 2.28. The van der Waals surface area contributed by atoms with Gasteiger partial charge in [-0.05, 0) is 37.5 Å². The topological polar surface area (TPSA) is 54.3 Å². The molecule has 0 N–H and O–H groups in total. The Kier molecular flexibility index (Phi) is 5.32. The fourth-order valence-electron chi connectivity index (χ4n) is 2.70. The number of rotatable bonds is 7. The number of aryl methyl sites for hydroxylation is 1. The van der Waals surface area contributed by atoms with Crippen molar-refractivity contribution < 1.29 is 4.79 Å². The SMILES string of the molecule is Cc1nnc(SCC(=O)N(C)Cc2ccc(N(C)C)cc2)n1C1CC1. The van der Waals surface area contributed by atoms with E-state index in [0.717, 1.165) is 22.2 Å². The summed E-state index contributed by atoms with van der Waals surface area (Å²) in [5.41, 5.74) is 2.28. The van der Waals surface area contributed by atoms with Gasteiger partial charge in [-0.2, -0.15) is 0 Å². The normalized spacial score (nSPS) is 13.8. The van der Waals surface area contributed by atoms with Crippen LogP contribution >= 0.6 is 11.8 Å². The third kappa shape index (κ3) is 4.34. The molecule has 1 fully saturated rings. The fourth-order valence-corrected chi connectivity index (χ4v) is 3.69. The summed E-state index contributed by atoms with van der Waals surface area (Å²) in [6.45, 7) is 2.59. The van der Waals surface area contributed by atoms with Gasteiger partial charge in [0.2, 0.25) is 5.91 Å². The largest absolute Gasteiger partial charge is 0.378 e. The molecule has 1 aromatic heterocycles. The van der Waals surface area contributed by atoms with Crippen molar-refractivity contribution >= 4 is 23.4 Å². The molecule has 6 nitrogen and oxygen atoms in total. The number of anilines is 1. The predicted octanol–water partition coefficient (Wildman–Crippen LogP) is 2.74. The Morgan fingerprint density at radius 2 is 1.88 bits per heavy atom. The molecule has 3 rings (SSSR count). The second-order valence-electron chi connectivity index (χ2n) is 6.73. The molecule has 2 aromatic rings. The maximum absolute atomic E-state index is 12.4. The highest BCUT2D eigenvalue weighted by Crippen LogP contribution is 2.38. The Morgan fingerprint density at radius 3 is 2.48 bits per heavy atom. The zero-order valence-corrected chi connectivity index (χ0v) is 16.1. The molecule has 0 spiro atoms. The zero-order chi connectivity index (χ0) is 18.0. The van der Waals surface area contributed by atoms with Crippen LogP contribution in [-0.4, -0.2) is 52.5 Å². The van der Waals surface area contributed by atoms with Crippen molar-refractivity contribution in [1.29, 1.82) is 0 Å². The number of hydrogen-bond acceptors (Lipinski definition) is 5. The predicted molar refractivity (Wildman–Crippen MR) is 101 cm³/mol. The van der Waals surface area contributed by atoms with Crippen molar-refractivity contribution in [3.05, 3.63) is 35.7 Å². The fraction of sp³-hybridized carbons (Fsp3) is 0.500. The van der Waals surface area contributed by atoms with E-state index >= 15 is 0 Å². The first-order chi connectivity index (χ1) is 12.0. The lowest BCUT2D eigenvalue weighted by atomic mass is 10.2. The van der Waals surface area contributed by atoms with Crippen LogP contribution in [0.5, 0.6) is 0 Å². The molecule has 0 bridgehead atoms. The Morgan fingerprint density at radius 1 is 1.20 bits per heavy atom. The number of carbonyl (C=O) groups is 1. The number of nitrogens with zero attached hydrogens (tertiary/aromatic N) is 5. The zero-order valence-electron chi connectivity index (χ0n) is 15.3. The highest BCUT2D eigenvalue weighted by molar-refractivity contribution is 7.99. The van der Waals surface area contributed by atoms with Crippen LogP contribution in [0.2, 0.25) is 0 Å². The van der Waals surface area contributed by atoms with Gasteiger partial charge in [-0.25, -0.2) is 0 Å². The summed E-state index contributed by atoms with van der Waals surface area (Å²) in [7, 11) is 5.88. The van der Waals surface area contributed by atoms with Gasteiger partial charge in [0.05, 0.1) is 5.75 Å². The molecule has 0 aliphatic heterocycles. The van der Waals surface area contributed by atoms with E-state index in [2.05, 4.69) is 43.9 Å². The molecule has 1 heterocycles. The molecular formula is C18H25N5OS. The van der Waals surface area contributed by atoms with Crippen molar-refractivity contribution in [3.8, 4) is 0 Å². The average Bonchev–Trinajstić information content (AvgIpc) is 3.36. The second-order valence-corrected chi connectivity index (χ2v) is 7.67. The van der Waals surface area contributed by atoms with Crippen molar-refractivity contribution in [2.24, 2.45) is 0 Å². The first kappa shape index (κ1) is 17.8. The molecule has 1 aliphatic carbocycles. The minimum absolute atomic E-state index is 0.102. The Labute approximate surface area is 153 Å². The maximum Gasteiger partial charge on any atom is 0.233 e. The summed E-state index contributed by atoms with van der Waals surface area (Å²) in [5, 5.41) is 9.23. The quantitative estimate of drug-likeness (QED) is 0.712. The highest BCUT2D eigenvalue weighted by atomic mass is 32.2. The van der Waals surface area contributed by atoms with Crippen LogP contribution < -0.4 is 4.90 Å².